The molecule has 0 amide bonds. The number of ether oxygens (including phenoxy) is 2. The van der Waals surface area contributed by atoms with E-state index in [0.717, 1.165) is 43.9 Å². The Morgan fingerprint density at radius 2 is 0.805 bits per heavy atom. The highest BCUT2D eigenvalue weighted by Gasteiger charge is 2.10. The fourth-order valence-electron chi connectivity index (χ4n) is 5.52. The van der Waals surface area contributed by atoms with Crippen molar-refractivity contribution >= 4 is 11.9 Å². The fourth-order valence-corrected chi connectivity index (χ4v) is 5.52. The molecular weight excluding hydrogens is 508 g/mol. The van der Waals surface area contributed by atoms with E-state index >= 15 is 0 Å². The molecule has 0 saturated carbocycles. The van der Waals surface area contributed by atoms with Gasteiger partial charge in [-0.05, 0) is 43.4 Å². The molecule has 0 spiro atoms. The molecule has 0 aromatic heterocycles. The van der Waals surface area contributed by atoms with Crippen molar-refractivity contribution in [2.24, 2.45) is 17.8 Å². The van der Waals surface area contributed by atoms with Gasteiger partial charge in [0.2, 0.25) is 0 Å². The monoisotopic (exact) mass is 581 g/mol. The van der Waals surface area contributed by atoms with Crippen LogP contribution in [-0.2, 0) is 19.1 Å². The van der Waals surface area contributed by atoms with Crippen molar-refractivity contribution in [3.63, 3.8) is 0 Å². The van der Waals surface area contributed by atoms with Crippen LogP contribution >= 0.6 is 0 Å². The first-order valence-electron chi connectivity index (χ1n) is 18.2. The van der Waals surface area contributed by atoms with Gasteiger partial charge < -0.3 is 9.47 Å². The lowest BCUT2D eigenvalue weighted by Gasteiger charge is -2.14. The minimum Gasteiger partial charge on any atom is -0.466 e. The van der Waals surface area contributed by atoms with Crippen LogP contribution in [0.15, 0.2) is 0 Å². The summed E-state index contributed by atoms with van der Waals surface area (Å²) in [4.78, 5) is 23.9. The molecule has 0 radical (unpaired) electrons. The first-order chi connectivity index (χ1) is 19.8. The maximum absolute atomic E-state index is 12.0. The highest BCUT2D eigenvalue weighted by atomic mass is 16.5. The second-order valence-corrected chi connectivity index (χ2v) is 13.5. The summed E-state index contributed by atoms with van der Waals surface area (Å²) in [5.74, 6) is 2.21. The smallest absolute Gasteiger partial charge is 0.305 e. The molecule has 0 heterocycles. The Kier molecular flexibility index (Phi) is 29.6. The standard InChI is InChI=1S/C37H72O4/c1-6-35(29-30-37(39)41-32-24-18-20-26-34(4)5)27-21-15-13-11-9-7-8-10-12-14-16-22-28-36(38)40-31-23-17-19-25-33(2)3/h33-35H,6-32H2,1-5H3. The van der Waals surface area contributed by atoms with Crippen LogP contribution in [0.2, 0.25) is 0 Å². The van der Waals surface area contributed by atoms with Gasteiger partial charge in [0.05, 0.1) is 13.2 Å². The van der Waals surface area contributed by atoms with Crippen molar-refractivity contribution in [1.82, 2.24) is 0 Å². The molecule has 0 aromatic carbocycles. The molecule has 0 aromatic rings. The Balaban J connectivity index is 3.41. The topological polar surface area (TPSA) is 52.6 Å². The van der Waals surface area contributed by atoms with Crippen LogP contribution in [0, 0.1) is 17.8 Å². The normalized spacial score (nSPS) is 12.3. The Bertz CT molecular complexity index is 571. The summed E-state index contributed by atoms with van der Waals surface area (Å²) in [6, 6.07) is 0. The zero-order chi connectivity index (χ0) is 30.4. The third-order valence-electron chi connectivity index (χ3n) is 8.46. The molecule has 0 N–H and O–H groups in total. The van der Waals surface area contributed by atoms with E-state index in [1.165, 1.54) is 116 Å². The van der Waals surface area contributed by atoms with Crippen molar-refractivity contribution in [2.75, 3.05) is 13.2 Å². The van der Waals surface area contributed by atoms with E-state index in [0.29, 0.717) is 32.0 Å². The molecule has 0 bridgehead atoms. The van der Waals surface area contributed by atoms with Gasteiger partial charge in [-0.1, -0.05) is 157 Å². The van der Waals surface area contributed by atoms with Gasteiger partial charge in [-0.25, -0.2) is 0 Å². The largest absolute Gasteiger partial charge is 0.466 e. The molecule has 4 nitrogen and oxygen atoms in total. The molecule has 244 valence electrons. The molecule has 0 aliphatic rings. The predicted octanol–water partition coefficient (Wildman–Crippen LogP) is 11.8. The average molecular weight is 581 g/mol. The number of esters is 2. The fraction of sp³-hybridized carbons (Fsp3) is 0.946. The Labute approximate surface area is 256 Å². The molecular formula is C37H72O4. The molecule has 0 rings (SSSR count). The summed E-state index contributed by atoms with van der Waals surface area (Å²) in [6.45, 7) is 12.5. The highest BCUT2D eigenvalue weighted by molar-refractivity contribution is 5.69. The SMILES string of the molecule is CCC(CCCCCCCCCCCCCCC(=O)OCCCCCC(C)C)CCC(=O)OCCCCCC(C)C. The number of rotatable bonds is 31. The number of hydrogen-bond acceptors (Lipinski definition) is 4. The molecule has 1 atom stereocenters. The molecule has 0 fully saturated rings. The van der Waals surface area contributed by atoms with Crippen molar-refractivity contribution in [1.29, 1.82) is 0 Å². The lowest BCUT2D eigenvalue weighted by atomic mass is 9.93. The van der Waals surface area contributed by atoms with Crippen LogP contribution in [0.1, 0.15) is 195 Å². The van der Waals surface area contributed by atoms with Crippen molar-refractivity contribution in [3.05, 3.63) is 0 Å². The predicted molar refractivity (Wildman–Crippen MR) is 176 cm³/mol. The van der Waals surface area contributed by atoms with Crippen LogP contribution in [-0.4, -0.2) is 25.2 Å². The lowest BCUT2D eigenvalue weighted by Crippen LogP contribution is -2.09. The van der Waals surface area contributed by atoms with Gasteiger partial charge in [0.1, 0.15) is 0 Å². The lowest BCUT2D eigenvalue weighted by molar-refractivity contribution is -0.145. The summed E-state index contributed by atoms with van der Waals surface area (Å²) >= 11 is 0. The van der Waals surface area contributed by atoms with E-state index in [9.17, 15) is 9.59 Å². The molecule has 0 aliphatic carbocycles. The van der Waals surface area contributed by atoms with Crippen molar-refractivity contribution in [2.45, 2.75) is 195 Å². The Hall–Kier alpha value is -1.06. The van der Waals surface area contributed by atoms with E-state index in [2.05, 4.69) is 34.6 Å². The van der Waals surface area contributed by atoms with Crippen LogP contribution in [0.25, 0.3) is 0 Å². The maximum Gasteiger partial charge on any atom is 0.305 e. The molecule has 4 heteroatoms. The van der Waals surface area contributed by atoms with E-state index in [-0.39, 0.29) is 11.9 Å². The number of carbonyl (C=O) groups is 2. The molecule has 0 aliphatic heterocycles. The first kappa shape index (κ1) is 39.9. The summed E-state index contributed by atoms with van der Waals surface area (Å²) in [5.41, 5.74) is 0. The van der Waals surface area contributed by atoms with Crippen molar-refractivity contribution in [3.8, 4) is 0 Å². The van der Waals surface area contributed by atoms with Gasteiger partial charge in [0, 0.05) is 12.8 Å². The second-order valence-electron chi connectivity index (χ2n) is 13.5. The van der Waals surface area contributed by atoms with Crippen LogP contribution in [0.5, 0.6) is 0 Å². The average Bonchev–Trinajstić information content (AvgIpc) is 2.93. The maximum atomic E-state index is 12.0. The third kappa shape index (κ3) is 31.7. The van der Waals surface area contributed by atoms with Gasteiger partial charge in [-0.3, -0.25) is 9.59 Å². The minimum absolute atomic E-state index is 0.00245. The van der Waals surface area contributed by atoms with E-state index < -0.39 is 0 Å². The quantitative estimate of drug-likeness (QED) is 0.0604. The van der Waals surface area contributed by atoms with Gasteiger partial charge in [0.15, 0.2) is 0 Å². The number of hydrogen-bond donors (Lipinski definition) is 0. The first-order valence-corrected chi connectivity index (χ1v) is 18.2. The van der Waals surface area contributed by atoms with E-state index in [1.54, 1.807) is 0 Å². The Morgan fingerprint density at radius 1 is 0.439 bits per heavy atom. The van der Waals surface area contributed by atoms with Gasteiger partial charge >= 0.3 is 11.9 Å². The zero-order valence-corrected chi connectivity index (χ0v) is 28.5. The van der Waals surface area contributed by atoms with E-state index in [1.807, 2.05) is 0 Å². The number of unbranched alkanes of at least 4 members (excludes halogenated alkanes) is 15. The van der Waals surface area contributed by atoms with Gasteiger partial charge in [0.25, 0.3) is 0 Å². The summed E-state index contributed by atoms with van der Waals surface area (Å²) in [7, 11) is 0. The summed E-state index contributed by atoms with van der Waals surface area (Å²) in [6.07, 6.45) is 29.4. The number of carbonyl (C=O) groups excluding carboxylic acids is 2. The van der Waals surface area contributed by atoms with Crippen LogP contribution in [0.4, 0.5) is 0 Å². The van der Waals surface area contributed by atoms with Crippen molar-refractivity contribution < 1.29 is 19.1 Å². The molecule has 0 saturated heterocycles. The summed E-state index contributed by atoms with van der Waals surface area (Å²) < 4.78 is 10.8. The third-order valence-corrected chi connectivity index (χ3v) is 8.46. The van der Waals surface area contributed by atoms with Crippen LogP contribution < -0.4 is 0 Å². The molecule has 1 unspecified atom stereocenters. The van der Waals surface area contributed by atoms with Gasteiger partial charge in [-0.2, -0.15) is 0 Å². The van der Waals surface area contributed by atoms with Crippen LogP contribution in [0.3, 0.4) is 0 Å². The summed E-state index contributed by atoms with van der Waals surface area (Å²) in [5, 5.41) is 0. The second kappa shape index (κ2) is 30.4. The minimum atomic E-state index is -0.00245. The molecule has 41 heavy (non-hydrogen) atoms. The highest BCUT2D eigenvalue weighted by Crippen LogP contribution is 2.21. The Morgan fingerprint density at radius 3 is 1.24 bits per heavy atom. The van der Waals surface area contributed by atoms with E-state index in [4.69, 9.17) is 9.47 Å². The van der Waals surface area contributed by atoms with Gasteiger partial charge in [-0.15, -0.1) is 0 Å². The zero-order valence-electron chi connectivity index (χ0n) is 28.5.